The molecule has 0 spiro atoms. The van der Waals surface area contributed by atoms with E-state index < -0.39 is 0 Å². The third-order valence-corrected chi connectivity index (χ3v) is 2.87. The number of carbonyl (C=O) groups is 1. The van der Waals surface area contributed by atoms with Crippen LogP contribution in [0.15, 0.2) is 24.3 Å². The zero-order chi connectivity index (χ0) is 16.6. The number of hydrogen-bond acceptors (Lipinski definition) is 4. The van der Waals surface area contributed by atoms with Crippen LogP contribution >= 0.6 is 24.8 Å². The molecule has 2 N–H and O–H groups in total. The number of likely N-dealkylation sites (N-methyl/N-ethyl adjacent to an activating group) is 1. The Morgan fingerprint density at radius 3 is 2.21 bits per heavy atom. The molecular weight excluding hydrogens is 349 g/mol. The number of ether oxygens (including phenoxy) is 1. The van der Waals surface area contributed by atoms with Gasteiger partial charge in [-0.2, -0.15) is 0 Å². The summed E-state index contributed by atoms with van der Waals surface area (Å²) in [6.07, 6.45) is 0. The minimum atomic E-state index is -0.234. The van der Waals surface area contributed by atoms with Gasteiger partial charge < -0.3 is 20.3 Å². The lowest BCUT2D eigenvalue weighted by Gasteiger charge is -2.20. The first-order valence-corrected chi connectivity index (χ1v) is 7.64. The van der Waals surface area contributed by atoms with Gasteiger partial charge in [-0.05, 0) is 52.6 Å². The molecule has 0 heterocycles. The van der Waals surface area contributed by atoms with Gasteiger partial charge in [0.15, 0.2) is 6.61 Å². The molecular formula is C17H31Cl2N3O2. The molecule has 140 valence electrons. The molecule has 1 aromatic carbocycles. The molecule has 1 amide bonds. The molecule has 0 unspecified atom stereocenters. The molecule has 0 aliphatic heterocycles. The highest BCUT2D eigenvalue weighted by Gasteiger charge is 2.13. The van der Waals surface area contributed by atoms with Crippen molar-refractivity contribution in [3.05, 3.63) is 29.8 Å². The summed E-state index contributed by atoms with van der Waals surface area (Å²) in [5, 5.41) is 6.25. The molecule has 1 rings (SSSR count). The van der Waals surface area contributed by atoms with Crippen molar-refractivity contribution >= 4 is 30.7 Å². The molecule has 0 radical (unpaired) electrons. The molecule has 0 aliphatic carbocycles. The van der Waals surface area contributed by atoms with Crippen LogP contribution in [0, 0.1) is 0 Å². The Hall–Kier alpha value is -1.01. The average molecular weight is 380 g/mol. The Kier molecular flexibility index (Phi) is 13.0. The minimum absolute atomic E-state index is 0. The van der Waals surface area contributed by atoms with Crippen LogP contribution in [0.1, 0.15) is 26.3 Å². The normalized spacial score (nSPS) is 10.6. The maximum absolute atomic E-state index is 11.7. The Bertz CT molecular complexity index is 460. The molecule has 0 bridgehead atoms. The summed E-state index contributed by atoms with van der Waals surface area (Å²) in [7, 11) is 4.12. The highest BCUT2D eigenvalue weighted by atomic mass is 35.5. The van der Waals surface area contributed by atoms with Gasteiger partial charge >= 0.3 is 0 Å². The first-order chi connectivity index (χ1) is 10.3. The van der Waals surface area contributed by atoms with E-state index in [9.17, 15) is 4.79 Å². The summed E-state index contributed by atoms with van der Waals surface area (Å²) in [5.41, 5.74) is 0.966. The zero-order valence-electron chi connectivity index (χ0n) is 15.2. The molecule has 5 nitrogen and oxygen atoms in total. The largest absolute Gasteiger partial charge is 0.484 e. The van der Waals surface area contributed by atoms with E-state index in [0.29, 0.717) is 5.75 Å². The molecule has 0 saturated heterocycles. The summed E-state index contributed by atoms with van der Waals surface area (Å²) < 4.78 is 5.49. The van der Waals surface area contributed by atoms with Crippen LogP contribution in [0.5, 0.6) is 5.75 Å². The van der Waals surface area contributed by atoms with Gasteiger partial charge in [-0.15, -0.1) is 24.8 Å². The molecule has 0 saturated carbocycles. The minimum Gasteiger partial charge on any atom is -0.484 e. The second kappa shape index (κ2) is 12.4. The number of amides is 1. The molecule has 0 fully saturated rings. The fourth-order valence-electron chi connectivity index (χ4n) is 1.84. The van der Waals surface area contributed by atoms with Gasteiger partial charge in [0.1, 0.15) is 5.75 Å². The molecule has 0 aliphatic rings. The number of benzene rings is 1. The van der Waals surface area contributed by atoms with Crippen LogP contribution < -0.4 is 15.4 Å². The van der Waals surface area contributed by atoms with Crippen molar-refractivity contribution in [2.75, 3.05) is 33.8 Å². The van der Waals surface area contributed by atoms with Gasteiger partial charge in [0.2, 0.25) is 0 Å². The van der Waals surface area contributed by atoms with Crippen molar-refractivity contribution in [1.82, 2.24) is 15.5 Å². The van der Waals surface area contributed by atoms with Crippen molar-refractivity contribution in [2.24, 2.45) is 0 Å². The maximum Gasteiger partial charge on any atom is 0.258 e. The first kappa shape index (κ1) is 25.2. The van der Waals surface area contributed by atoms with E-state index >= 15 is 0 Å². The van der Waals surface area contributed by atoms with Gasteiger partial charge in [0.25, 0.3) is 5.91 Å². The van der Waals surface area contributed by atoms with Crippen LogP contribution in [-0.2, 0) is 11.3 Å². The Balaban J connectivity index is 0. The quantitative estimate of drug-likeness (QED) is 0.681. The summed E-state index contributed by atoms with van der Waals surface area (Å²) in [6.45, 7) is 8.69. The van der Waals surface area contributed by atoms with Crippen molar-refractivity contribution in [1.29, 1.82) is 0 Å². The first-order valence-electron chi connectivity index (χ1n) is 7.64. The fourth-order valence-corrected chi connectivity index (χ4v) is 1.84. The molecule has 0 aromatic heterocycles. The number of halogens is 2. The van der Waals surface area contributed by atoms with Gasteiger partial charge in [0.05, 0.1) is 0 Å². The number of carbonyl (C=O) groups excluding carboxylic acids is 1. The van der Waals surface area contributed by atoms with Gasteiger partial charge in [-0.1, -0.05) is 12.1 Å². The standard InChI is InChI=1S/C17H29N3O2.2ClH/c1-17(2,3)19-16(21)13-22-15-8-6-14(7-9-15)12-18-10-11-20(4)5;;/h6-9,18H,10-13H2,1-5H3,(H,19,21);2*1H. The van der Waals surface area contributed by atoms with E-state index in [4.69, 9.17) is 4.74 Å². The third-order valence-electron chi connectivity index (χ3n) is 2.87. The summed E-state index contributed by atoms with van der Waals surface area (Å²) in [4.78, 5) is 13.8. The topological polar surface area (TPSA) is 53.6 Å². The SMILES string of the molecule is CN(C)CCNCc1ccc(OCC(=O)NC(C)(C)C)cc1.Cl.Cl. The molecule has 7 heteroatoms. The maximum atomic E-state index is 11.7. The van der Waals surface area contributed by atoms with E-state index in [1.807, 2.05) is 45.0 Å². The number of rotatable bonds is 8. The van der Waals surface area contributed by atoms with Crippen molar-refractivity contribution < 1.29 is 9.53 Å². The van der Waals surface area contributed by atoms with E-state index in [1.165, 1.54) is 5.56 Å². The smallest absolute Gasteiger partial charge is 0.258 e. The summed E-state index contributed by atoms with van der Waals surface area (Å²) in [6, 6.07) is 7.82. The lowest BCUT2D eigenvalue weighted by atomic mass is 10.1. The van der Waals surface area contributed by atoms with Crippen LogP contribution in [0.25, 0.3) is 0 Å². The van der Waals surface area contributed by atoms with E-state index in [1.54, 1.807) is 0 Å². The van der Waals surface area contributed by atoms with Gasteiger partial charge in [-0.25, -0.2) is 0 Å². The average Bonchev–Trinajstić information content (AvgIpc) is 2.40. The Morgan fingerprint density at radius 1 is 1.12 bits per heavy atom. The second-order valence-electron chi connectivity index (χ2n) is 6.71. The van der Waals surface area contributed by atoms with Gasteiger partial charge in [0, 0.05) is 25.2 Å². The Labute approximate surface area is 158 Å². The van der Waals surface area contributed by atoms with Gasteiger partial charge in [-0.3, -0.25) is 4.79 Å². The molecule has 24 heavy (non-hydrogen) atoms. The fraction of sp³-hybridized carbons (Fsp3) is 0.588. The van der Waals surface area contributed by atoms with Crippen LogP contribution in [0.3, 0.4) is 0 Å². The van der Waals surface area contributed by atoms with Crippen molar-refractivity contribution in [3.8, 4) is 5.75 Å². The van der Waals surface area contributed by atoms with Crippen molar-refractivity contribution in [3.63, 3.8) is 0 Å². The summed E-state index contributed by atoms with van der Waals surface area (Å²) >= 11 is 0. The van der Waals surface area contributed by atoms with E-state index in [-0.39, 0.29) is 42.9 Å². The predicted molar refractivity (Wildman–Crippen MR) is 105 cm³/mol. The number of nitrogens with one attached hydrogen (secondary N) is 2. The van der Waals surface area contributed by atoms with Crippen LogP contribution in [0.4, 0.5) is 0 Å². The zero-order valence-corrected chi connectivity index (χ0v) is 16.9. The summed E-state index contributed by atoms with van der Waals surface area (Å²) in [5.74, 6) is 0.600. The predicted octanol–water partition coefficient (Wildman–Crippen LogP) is 2.47. The van der Waals surface area contributed by atoms with Crippen molar-refractivity contribution in [2.45, 2.75) is 32.9 Å². The lowest BCUT2D eigenvalue weighted by molar-refractivity contribution is -0.124. The van der Waals surface area contributed by atoms with E-state index in [0.717, 1.165) is 19.6 Å². The number of nitrogens with zero attached hydrogens (tertiary/aromatic N) is 1. The molecule has 1 aromatic rings. The monoisotopic (exact) mass is 379 g/mol. The highest BCUT2D eigenvalue weighted by Crippen LogP contribution is 2.12. The molecule has 0 atom stereocenters. The number of hydrogen-bond donors (Lipinski definition) is 2. The van der Waals surface area contributed by atoms with Crippen LogP contribution in [-0.4, -0.2) is 50.1 Å². The highest BCUT2D eigenvalue weighted by molar-refractivity contribution is 5.85. The third kappa shape index (κ3) is 12.4. The Morgan fingerprint density at radius 2 is 1.71 bits per heavy atom. The van der Waals surface area contributed by atoms with E-state index in [2.05, 4.69) is 29.6 Å². The lowest BCUT2D eigenvalue weighted by Crippen LogP contribution is -2.43. The van der Waals surface area contributed by atoms with Crippen LogP contribution in [0.2, 0.25) is 0 Å². The second-order valence-corrected chi connectivity index (χ2v) is 6.71.